The molecule has 1 fully saturated rings. The monoisotopic (exact) mass is 292 g/mol. The smallest absolute Gasteiger partial charge is 0.222 e. The number of ether oxygens (including phenoxy) is 1. The van der Waals surface area contributed by atoms with Gasteiger partial charge in [0.25, 0.3) is 0 Å². The summed E-state index contributed by atoms with van der Waals surface area (Å²) in [5.74, 6) is 1.16. The molecule has 0 aromatic heterocycles. The zero-order chi connectivity index (χ0) is 15.4. The van der Waals surface area contributed by atoms with E-state index < -0.39 is 0 Å². The van der Waals surface area contributed by atoms with Crippen LogP contribution in [-0.2, 0) is 4.79 Å². The van der Waals surface area contributed by atoms with Gasteiger partial charge in [-0.3, -0.25) is 9.69 Å². The van der Waals surface area contributed by atoms with Gasteiger partial charge in [0, 0.05) is 30.6 Å². The van der Waals surface area contributed by atoms with E-state index in [1.807, 2.05) is 12.1 Å². The molecule has 21 heavy (non-hydrogen) atoms. The van der Waals surface area contributed by atoms with Crippen LogP contribution in [0.3, 0.4) is 0 Å². The van der Waals surface area contributed by atoms with Crippen molar-refractivity contribution in [2.75, 3.05) is 27.2 Å². The number of benzene rings is 1. The van der Waals surface area contributed by atoms with Crippen LogP contribution in [0.1, 0.15) is 31.4 Å². The van der Waals surface area contributed by atoms with Crippen molar-refractivity contribution in [3.8, 4) is 11.5 Å². The van der Waals surface area contributed by atoms with Crippen molar-refractivity contribution in [3.63, 3.8) is 0 Å². The normalized spacial score (nSPS) is 18.2. The molecule has 1 saturated heterocycles. The van der Waals surface area contributed by atoms with Gasteiger partial charge in [0.05, 0.1) is 7.11 Å². The maximum absolute atomic E-state index is 11.7. The average molecular weight is 292 g/mol. The predicted octanol–water partition coefficient (Wildman–Crippen LogP) is 1.92. The topological polar surface area (TPSA) is 61.8 Å². The van der Waals surface area contributed by atoms with Gasteiger partial charge in [-0.25, -0.2) is 0 Å². The number of piperidine rings is 1. The zero-order valence-electron chi connectivity index (χ0n) is 12.9. The maximum Gasteiger partial charge on any atom is 0.222 e. The minimum Gasteiger partial charge on any atom is -0.507 e. The number of rotatable bonds is 4. The number of phenols is 1. The van der Waals surface area contributed by atoms with Crippen molar-refractivity contribution in [2.24, 2.45) is 5.92 Å². The molecular formula is C16H24N2O3. The van der Waals surface area contributed by atoms with E-state index in [1.54, 1.807) is 20.2 Å². The average Bonchev–Trinajstić information content (AvgIpc) is 2.53. The molecule has 0 saturated carbocycles. The van der Waals surface area contributed by atoms with Crippen LogP contribution in [0, 0.1) is 5.92 Å². The molecule has 0 bridgehead atoms. The molecule has 5 nitrogen and oxygen atoms in total. The highest BCUT2D eigenvalue weighted by Crippen LogP contribution is 2.33. The Balaban J connectivity index is 2.01. The van der Waals surface area contributed by atoms with Crippen molar-refractivity contribution >= 4 is 5.91 Å². The Kier molecular flexibility index (Phi) is 5.07. The van der Waals surface area contributed by atoms with E-state index in [1.165, 1.54) is 0 Å². The van der Waals surface area contributed by atoms with Gasteiger partial charge in [0.1, 0.15) is 11.5 Å². The maximum atomic E-state index is 11.7. The first-order valence-corrected chi connectivity index (χ1v) is 7.39. The number of carbonyl (C=O) groups is 1. The quantitative estimate of drug-likeness (QED) is 0.890. The summed E-state index contributed by atoms with van der Waals surface area (Å²) in [5, 5.41) is 12.9. The fraction of sp³-hybridized carbons (Fsp3) is 0.562. The molecule has 1 amide bonds. The number of nitrogens with one attached hydrogen (secondary N) is 1. The molecule has 1 atom stereocenters. The van der Waals surface area contributed by atoms with Crippen molar-refractivity contribution in [1.29, 1.82) is 0 Å². The van der Waals surface area contributed by atoms with Crippen LogP contribution >= 0.6 is 0 Å². The number of methoxy groups -OCH3 is 1. The Hall–Kier alpha value is -1.75. The third-order valence-electron chi connectivity index (χ3n) is 4.38. The number of nitrogens with zero attached hydrogens (tertiary/aromatic N) is 1. The van der Waals surface area contributed by atoms with Gasteiger partial charge in [0.15, 0.2) is 0 Å². The fourth-order valence-electron chi connectivity index (χ4n) is 2.95. The molecule has 1 heterocycles. The van der Waals surface area contributed by atoms with Crippen LogP contribution < -0.4 is 10.1 Å². The van der Waals surface area contributed by atoms with E-state index in [2.05, 4.69) is 17.1 Å². The van der Waals surface area contributed by atoms with Crippen LogP contribution in [-0.4, -0.2) is 43.2 Å². The highest BCUT2D eigenvalue weighted by Gasteiger charge is 2.28. The van der Waals surface area contributed by atoms with Crippen molar-refractivity contribution < 1.29 is 14.6 Å². The first kappa shape index (κ1) is 15.6. The summed E-state index contributed by atoms with van der Waals surface area (Å²) in [6.45, 7) is 3.82. The number of phenolic OH excluding ortho intramolecular Hbond substituents is 1. The number of carbonyl (C=O) groups excluding carboxylic acids is 1. The fourth-order valence-corrected chi connectivity index (χ4v) is 2.95. The summed E-state index contributed by atoms with van der Waals surface area (Å²) in [6.07, 6.45) is 1.72. The third kappa shape index (κ3) is 3.47. The lowest BCUT2D eigenvalue weighted by atomic mass is 9.93. The van der Waals surface area contributed by atoms with Gasteiger partial charge < -0.3 is 15.2 Å². The molecule has 0 spiro atoms. The van der Waals surface area contributed by atoms with Crippen molar-refractivity contribution in [2.45, 2.75) is 25.8 Å². The number of likely N-dealkylation sites (tertiary alicyclic amines) is 1. The van der Waals surface area contributed by atoms with Crippen molar-refractivity contribution in [1.82, 2.24) is 10.2 Å². The predicted molar refractivity (Wildman–Crippen MR) is 81.4 cm³/mol. The Bertz CT molecular complexity index is 496. The van der Waals surface area contributed by atoms with Gasteiger partial charge in [0.2, 0.25) is 5.91 Å². The molecular weight excluding hydrogens is 268 g/mol. The Labute approximate surface area is 125 Å². The molecule has 0 radical (unpaired) electrons. The van der Waals surface area contributed by atoms with Crippen LogP contribution in [0.5, 0.6) is 11.5 Å². The lowest BCUT2D eigenvalue weighted by Gasteiger charge is -2.35. The molecule has 2 rings (SSSR count). The zero-order valence-corrected chi connectivity index (χ0v) is 12.9. The van der Waals surface area contributed by atoms with Gasteiger partial charge in [-0.05, 0) is 38.9 Å². The van der Waals surface area contributed by atoms with E-state index in [0.29, 0.717) is 5.75 Å². The number of amides is 1. The second-order valence-corrected chi connectivity index (χ2v) is 5.53. The molecule has 5 heteroatoms. The number of aromatic hydroxyl groups is 1. The highest BCUT2D eigenvalue weighted by atomic mass is 16.5. The summed E-state index contributed by atoms with van der Waals surface area (Å²) >= 11 is 0. The summed E-state index contributed by atoms with van der Waals surface area (Å²) in [4.78, 5) is 14.0. The minimum atomic E-state index is 0.114. The second kappa shape index (κ2) is 6.80. The molecule has 1 aliphatic heterocycles. The van der Waals surface area contributed by atoms with Crippen LogP contribution in [0.2, 0.25) is 0 Å². The van der Waals surface area contributed by atoms with Crippen LogP contribution in [0.15, 0.2) is 18.2 Å². The van der Waals surface area contributed by atoms with E-state index in [9.17, 15) is 9.90 Å². The van der Waals surface area contributed by atoms with E-state index in [-0.39, 0.29) is 23.6 Å². The molecule has 2 N–H and O–H groups in total. The van der Waals surface area contributed by atoms with Crippen LogP contribution in [0.25, 0.3) is 0 Å². The van der Waals surface area contributed by atoms with E-state index >= 15 is 0 Å². The standard InChI is InChI=1S/C16H24N2O3/c1-11(14-5-4-13(21-3)10-15(14)19)18-8-6-12(7-9-18)16(20)17-2/h4-5,10-12,19H,6-9H2,1-3H3,(H,17,20). The van der Waals surface area contributed by atoms with E-state index in [4.69, 9.17) is 4.74 Å². The Morgan fingerprint density at radius 2 is 2.10 bits per heavy atom. The minimum absolute atomic E-state index is 0.114. The van der Waals surface area contributed by atoms with Crippen molar-refractivity contribution in [3.05, 3.63) is 23.8 Å². The Morgan fingerprint density at radius 1 is 1.43 bits per heavy atom. The lowest BCUT2D eigenvalue weighted by molar-refractivity contribution is -0.126. The van der Waals surface area contributed by atoms with E-state index in [0.717, 1.165) is 31.5 Å². The second-order valence-electron chi connectivity index (χ2n) is 5.53. The summed E-state index contributed by atoms with van der Waals surface area (Å²) < 4.78 is 5.11. The lowest BCUT2D eigenvalue weighted by Crippen LogP contribution is -2.40. The largest absolute Gasteiger partial charge is 0.507 e. The van der Waals surface area contributed by atoms with Gasteiger partial charge in [-0.15, -0.1) is 0 Å². The summed E-state index contributed by atoms with van der Waals surface area (Å²) in [5.41, 5.74) is 0.897. The van der Waals surface area contributed by atoms with Crippen LogP contribution in [0.4, 0.5) is 0 Å². The molecule has 1 aromatic carbocycles. The summed E-state index contributed by atoms with van der Waals surface area (Å²) in [7, 11) is 3.27. The van der Waals surface area contributed by atoms with Gasteiger partial charge in [-0.1, -0.05) is 6.07 Å². The molecule has 0 aliphatic carbocycles. The molecule has 1 aromatic rings. The third-order valence-corrected chi connectivity index (χ3v) is 4.38. The first-order chi connectivity index (χ1) is 10.1. The van der Waals surface area contributed by atoms with Gasteiger partial charge >= 0.3 is 0 Å². The number of hydrogen-bond donors (Lipinski definition) is 2. The molecule has 1 unspecified atom stereocenters. The first-order valence-electron chi connectivity index (χ1n) is 7.39. The van der Waals surface area contributed by atoms with Gasteiger partial charge in [-0.2, -0.15) is 0 Å². The highest BCUT2D eigenvalue weighted by molar-refractivity contribution is 5.78. The number of hydrogen-bond acceptors (Lipinski definition) is 4. The SMILES string of the molecule is CNC(=O)C1CCN(C(C)c2ccc(OC)cc2O)CC1. The Morgan fingerprint density at radius 3 is 2.62 bits per heavy atom. The molecule has 116 valence electrons. The molecule has 1 aliphatic rings. The summed E-state index contributed by atoms with van der Waals surface area (Å²) in [6, 6.07) is 5.54.